The molecule has 56 heteroatoms. The number of nitrogens with zero attached hydrogens (tertiary/aromatic N) is 13. The molecule has 0 bridgehead atoms. The molecule has 20 N–H and O–H groups in total. The summed E-state index contributed by atoms with van der Waals surface area (Å²) >= 11 is 6.02. The lowest BCUT2D eigenvalue weighted by atomic mass is 10.1. The van der Waals surface area contributed by atoms with Gasteiger partial charge in [0.2, 0.25) is 30.4 Å². The number of fused-ring (bicyclic) bond motifs is 4. The number of rotatable bonds is 25. The van der Waals surface area contributed by atoms with Gasteiger partial charge in [-0.3, -0.25) is 61.1 Å². The largest absolute Gasteiger partial charge is 0.780 e. The number of hydrogen-bond acceptors (Lipinski definition) is 39. The minimum atomic E-state index is -6.29. The highest BCUT2D eigenvalue weighted by Crippen LogP contribution is 2.68. The molecular formula is C42H55N20O29P5S2. The Bertz CT molecular complexity index is 4830. The first-order valence-corrected chi connectivity index (χ1v) is 37.2. The van der Waals surface area contributed by atoms with Crippen LogP contribution in [0.1, 0.15) is 24.1 Å². The Morgan fingerprint density at radius 2 is 1.06 bits per heavy atom. The summed E-state index contributed by atoms with van der Waals surface area (Å²) < 4.78 is 123. The minimum Gasteiger partial charge on any atom is -0.780 e. The Morgan fingerprint density at radius 3 is 1.64 bits per heavy atom. The number of nitrogen functional groups attached to an aromatic ring is 4. The van der Waals surface area contributed by atoms with Crippen molar-refractivity contribution in [2.75, 3.05) is 56.5 Å². The van der Waals surface area contributed by atoms with Crippen molar-refractivity contribution in [3.8, 4) is 0 Å². The zero-order valence-electron chi connectivity index (χ0n) is 49.3. The number of nitrogens with two attached hydrogens (primary N) is 4. The summed E-state index contributed by atoms with van der Waals surface area (Å²) in [6.07, 6.45) is -19.2. The van der Waals surface area contributed by atoms with Crippen LogP contribution in [0.3, 0.4) is 0 Å². The second kappa shape index (κ2) is 27.0. The zero-order chi connectivity index (χ0) is 70.6. The second-order valence-corrected chi connectivity index (χ2v) is 31.7. The first-order chi connectivity index (χ1) is 46.0. The lowest BCUT2D eigenvalue weighted by Crippen LogP contribution is -2.39. The van der Waals surface area contributed by atoms with Gasteiger partial charge in [0.15, 0.2) is 46.2 Å². The van der Waals surface area contributed by atoms with E-state index < -0.39 is 184 Å². The molecule has 21 unspecified atom stereocenters. The number of H-pyrrole nitrogens is 3. The lowest BCUT2D eigenvalue weighted by molar-refractivity contribution is -0.646. The fourth-order valence-corrected chi connectivity index (χ4v) is 18.6. The number of phosphoric acid groups is 4. The van der Waals surface area contributed by atoms with E-state index in [1.54, 1.807) is 0 Å². The first kappa shape index (κ1) is 71.7. The molecule has 0 aliphatic carbocycles. The van der Waals surface area contributed by atoms with Crippen LogP contribution < -0.4 is 49.1 Å². The van der Waals surface area contributed by atoms with E-state index in [1.807, 2.05) is 0 Å². The number of nitrogens with one attached hydrogen (secondary N) is 3. The molecule has 0 radical (unpaired) electrons. The number of aryl methyl sites for hydroxylation is 1. The molecule has 49 nitrogen and oxygen atoms in total. The molecule has 0 spiro atoms. The van der Waals surface area contributed by atoms with Crippen LogP contribution in [0.15, 0.2) is 46.0 Å². The van der Waals surface area contributed by atoms with Crippen LogP contribution in [0.2, 0.25) is 0 Å². The molecule has 12 heterocycles. The van der Waals surface area contributed by atoms with Gasteiger partial charge in [0, 0.05) is 7.11 Å². The summed E-state index contributed by atoms with van der Waals surface area (Å²) in [5.41, 5.74) is 19.9. The maximum Gasteiger partial charge on any atom is 0.490 e. The van der Waals surface area contributed by atoms with Crippen LogP contribution in [0.4, 0.5) is 23.7 Å². The van der Waals surface area contributed by atoms with Gasteiger partial charge in [-0.25, -0.2) is 47.7 Å². The van der Waals surface area contributed by atoms with E-state index in [9.17, 15) is 82.6 Å². The number of ether oxygens (including phenoxy) is 4. The smallest absolute Gasteiger partial charge is 0.490 e. The molecule has 8 aromatic heterocycles. The number of phosphoric ester groups is 3. The number of methoxy groups -OCH3 is 1. The summed E-state index contributed by atoms with van der Waals surface area (Å²) in [5, 5.41) is 52.8. The molecule has 4 aliphatic heterocycles. The molecule has 4 saturated heterocycles. The van der Waals surface area contributed by atoms with Crippen molar-refractivity contribution < 1.29 is 128 Å². The van der Waals surface area contributed by atoms with E-state index in [0.29, 0.717) is 11.8 Å². The van der Waals surface area contributed by atoms with Gasteiger partial charge in [-0.2, -0.15) is 28.1 Å². The van der Waals surface area contributed by atoms with Gasteiger partial charge in [0.05, 0.1) is 57.7 Å². The Morgan fingerprint density at radius 1 is 0.571 bits per heavy atom. The highest BCUT2D eigenvalue weighted by molar-refractivity contribution is 8.06. The van der Waals surface area contributed by atoms with Crippen molar-refractivity contribution >= 4 is 130 Å². The van der Waals surface area contributed by atoms with Crippen LogP contribution in [0, 0.1) is 0 Å². The van der Waals surface area contributed by atoms with Crippen LogP contribution in [0.5, 0.6) is 0 Å². The topological polar surface area (TPSA) is 714 Å². The van der Waals surface area contributed by atoms with Crippen LogP contribution in [-0.4, -0.2) is 224 Å². The van der Waals surface area contributed by atoms with Crippen molar-refractivity contribution in [1.29, 1.82) is 0 Å². The third-order valence-electron chi connectivity index (χ3n) is 15.2. The molecule has 8 aromatic rings. The molecule has 0 saturated carbocycles. The van der Waals surface area contributed by atoms with Crippen molar-refractivity contribution in [3.63, 3.8) is 0 Å². The Labute approximate surface area is 551 Å². The highest BCUT2D eigenvalue weighted by Gasteiger charge is 2.54. The lowest BCUT2D eigenvalue weighted by Gasteiger charge is -2.35. The number of imidazole rings is 4. The maximum absolute atomic E-state index is 14.6. The van der Waals surface area contributed by atoms with E-state index in [0.717, 1.165) is 46.1 Å². The van der Waals surface area contributed by atoms with E-state index in [2.05, 4.69) is 63.4 Å². The summed E-state index contributed by atoms with van der Waals surface area (Å²) in [7, 11) is -21.3. The number of aliphatic hydroxyl groups excluding tert-OH is 5. The number of thioether (sulfide) groups is 1. The van der Waals surface area contributed by atoms with E-state index in [4.69, 9.17) is 80.8 Å². The number of aromatic amines is 3. The quantitative estimate of drug-likeness (QED) is 0.0187. The van der Waals surface area contributed by atoms with Gasteiger partial charge in [-0.05, 0) is 0 Å². The number of anilines is 4. The second-order valence-electron chi connectivity index (χ2n) is 21.6. The SMILES string of the molecule is COC1C(OP([O-])(=S)OCC2SC(n3cnc4c(=O)[nH]c(N)nc43)C(O)C2OP(=O)(O)OCC2OC(n3cnc4c(=O)[nH]c(N)nc43)C(O)C2O)C(COP(=O)(O)OP(=O)(O)OP(=O)(O)OCC2OC(n3c[n+](C)c4c(=O)[nH]c(N)nc43)C(O)C2O)OC1n1cnc2c(N)ncnc21. The molecule has 98 heavy (non-hydrogen) atoms. The van der Waals surface area contributed by atoms with Crippen molar-refractivity contribution in [3.05, 3.63) is 62.7 Å². The summed E-state index contributed by atoms with van der Waals surface area (Å²) in [6, 6.07) is 0. The maximum atomic E-state index is 14.6. The van der Waals surface area contributed by atoms with Gasteiger partial charge in [-0.1, -0.05) is 11.8 Å². The first-order valence-electron chi connectivity index (χ1n) is 27.7. The van der Waals surface area contributed by atoms with Crippen LogP contribution in [-0.2, 0) is 91.8 Å². The standard InChI is InChI=1S/C42H55N20O29P5S2/c1-58-11-62(32-19(58)35(70)57-42(46)54-32)37-23(66)21(64)13(86-37)4-82-93(73,74)90-95(77,78)91-94(75,76)83-5-14-25(27(80-2)38(87-14)59-8-49-16-28(43)47-7-48-29(16)59)89-96(79,97)84-6-15-26(24(67)39(98-15)61-10-51-18-31(61)53-41(45)56-34(18)69)88-92(71,72)81-3-12-20(63)22(65)36(85-12)60-9-50-17-30(60)52-40(44)55-33(17)68/h7-15,20-27,36-39,63-67H,3-6H2,1-2H3,(H15-,43,44,45,46,47,48,52,53,54,55,56,57,68,69,70,71,72,73,74,75,76,77,78,79,97). The minimum absolute atomic E-state index is 0.00701. The predicted molar refractivity (Wildman–Crippen MR) is 323 cm³/mol. The average molecular weight is 1520 g/mol. The predicted octanol–water partition coefficient (Wildman–Crippen LogP) is -6.03. The van der Waals surface area contributed by atoms with Crippen molar-refractivity contribution in [2.45, 2.75) is 96.5 Å². The van der Waals surface area contributed by atoms with Crippen molar-refractivity contribution in [1.82, 2.24) is 73.1 Å². The molecule has 21 atom stereocenters. The number of aliphatic hydroxyl groups is 5. The molecule has 12 rings (SSSR count). The number of hydrogen-bond donors (Lipinski definition) is 16. The molecule has 4 fully saturated rings. The fraction of sp³-hybridized carbons (Fsp3) is 0.524. The molecule has 534 valence electrons. The van der Waals surface area contributed by atoms with Crippen LogP contribution >= 0.6 is 49.8 Å². The number of aromatic nitrogens is 16. The van der Waals surface area contributed by atoms with Crippen LogP contribution in [0.25, 0.3) is 44.7 Å². The Balaban J connectivity index is 0.740. The average Bonchev–Trinajstić information content (AvgIpc) is 1.62. The summed E-state index contributed by atoms with van der Waals surface area (Å²) in [6.45, 7) is -9.63. The highest BCUT2D eigenvalue weighted by atomic mass is 32.5. The Hall–Kier alpha value is -6.16. The third kappa shape index (κ3) is 14.3. The zero-order valence-corrected chi connectivity index (χ0v) is 55.4. The van der Waals surface area contributed by atoms with Gasteiger partial charge in [-0.15, -0.1) is 11.8 Å². The van der Waals surface area contributed by atoms with Crippen molar-refractivity contribution in [2.24, 2.45) is 7.05 Å². The molecule has 0 amide bonds. The van der Waals surface area contributed by atoms with E-state index in [-0.39, 0.29) is 62.4 Å². The van der Waals surface area contributed by atoms with Gasteiger partial charge in [0.25, 0.3) is 22.3 Å². The Kier molecular flexibility index (Phi) is 19.7. The fourth-order valence-electron chi connectivity index (χ4n) is 11.0. The van der Waals surface area contributed by atoms with E-state index in [1.165, 1.54) is 22.5 Å². The van der Waals surface area contributed by atoms with Gasteiger partial charge in [0.1, 0.15) is 91.1 Å². The van der Waals surface area contributed by atoms with E-state index >= 15 is 0 Å². The normalized spacial score (nSPS) is 30.7. The summed E-state index contributed by atoms with van der Waals surface area (Å²) in [5.74, 6) is -1.19. The molecular weight excluding hydrogens is 1470 g/mol. The monoisotopic (exact) mass is 1520 g/mol. The van der Waals surface area contributed by atoms with Gasteiger partial charge >= 0.3 is 36.9 Å². The summed E-state index contributed by atoms with van der Waals surface area (Å²) in [4.78, 5) is 135. The molecule has 0 aromatic carbocycles. The van der Waals surface area contributed by atoms with Gasteiger partial charge < -0.3 is 101 Å². The third-order valence-corrected chi connectivity index (χ3v) is 23.6. The molecule has 4 aliphatic rings.